The minimum absolute atomic E-state index is 0.333. The Bertz CT molecular complexity index is 576. The Morgan fingerprint density at radius 3 is 3.29 bits per heavy atom. The Morgan fingerprint density at radius 2 is 2.48 bits per heavy atom. The summed E-state index contributed by atoms with van der Waals surface area (Å²) in [5.41, 5.74) is 1.20. The maximum absolute atomic E-state index is 5.84. The molecule has 0 radical (unpaired) electrons. The van der Waals surface area contributed by atoms with Gasteiger partial charge >= 0.3 is 0 Å². The number of nitrogens with one attached hydrogen (secondary N) is 2. The van der Waals surface area contributed by atoms with Gasteiger partial charge in [-0.25, -0.2) is 4.98 Å². The van der Waals surface area contributed by atoms with Gasteiger partial charge in [-0.1, -0.05) is 23.9 Å². The molecule has 0 aliphatic carbocycles. The predicted molar refractivity (Wildman–Crippen MR) is 81.1 cm³/mol. The first-order chi connectivity index (χ1) is 10.4. The van der Waals surface area contributed by atoms with Crippen LogP contribution in [0.4, 0.5) is 0 Å². The van der Waals surface area contributed by atoms with Crippen molar-refractivity contribution < 1.29 is 9.47 Å². The highest BCUT2D eigenvalue weighted by Gasteiger charge is 2.21. The fourth-order valence-electron chi connectivity index (χ4n) is 2.36. The van der Waals surface area contributed by atoms with Crippen molar-refractivity contribution in [2.24, 2.45) is 0 Å². The molecule has 1 atom stereocenters. The van der Waals surface area contributed by atoms with Gasteiger partial charge in [0.1, 0.15) is 12.9 Å². The zero-order chi connectivity index (χ0) is 14.5. The number of hydrogen-bond acceptors (Lipinski definition) is 6. The molecule has 7 heteroatoms. The number of aromatic amines is 1. The summed E-state index contributed by atoms with van der Waals surface area (Å²) in [6, 6.07) is 6.36. The van der Waals surface area contributed by atoms with Gasteiger partial charge in [0.05, 0.1) is 7.11 Å². The molecule has 0 spiro atoms. The molecule has 1 aliphatic heterocycles. The van der Waals surface area contributed by atoms with Crippen molar-refractivity contribution in [3.63, 3.8) is 0 Å². The van der Waals surface area contributed by atoms with E-state index in [9.17, 15) is 0 Å². The fourth-order valence-corrected chi connectivity index (χ4v) is 3.01. The molecule has 1 aliphatic rings. The number of methoxy groups -OCH3 is 1. The second-order valence-electron chi connectivity index (χ2n) is 4.75. The maximum atomic E-state index is 5.84. The summed E-state index contributed by atoms with van der Waals surface area (Å²) in [6.45, 7) is 1.57. The summed E-state index contributed by atoms with van der Waals surface area (Å²) in [5.74, 6) is 2.64. The van der Waals surface area contributed by atoms with E-state index < -0.39 is 0 Å². The van der Waals surface area contributed by atoms with Gasteiger partial charge in [0.2, 0.25) is 0 Å². The van der Waals surface area contributed by atoms with Gasteiger partial charge in [-0.2, -0.15) is 5.10 Å². The Hall–Kier alpha value is -1.73. The molecular formula is C14H18N4O2S. The highest BCUT2D eigenvalue weighted by atomic mass is 32.2. The Morgan fingerprint density at radius 1 is 1.52 bits per heavy atom. The average Bonchev–Trinajstić information content (AvgIpc) is 3.04. The number of aromatic nitrogens is 3. The van der Waals surface area contributed by atoms with Gasteiger partial charge in [-0.05, 0) is 18.1 Å². The maximum Gasteiger partial charge on any atom is 0.183 e. The van der Waals surface area contributed by atoms with E-state index in [1.807, 2.05) is 12.1 Å². The summed E-state index contributed by atoms with van der Waals surface area (Å²) in [5, 5.41) is 11.0. The van der Waals surface area contributed by atoms with Crippen molar-refractivity contribution in [2.75, 3.05) is 26.0 Å². The molecule has 112 valence electrons. The third-order valence-corrected chi connectivity index (χ3v) is 4.22. The summed E-state index contributed by atoms with van der Waals surface area (Å²) in [7, 11) is 1.67. The molecule has 1 aromatic carbocycles. The first kappa shape index (κ1) is 14.2. The molecule has 1 aromatic heterocycles. The summed E-state index contributed by atoms with van der Waals surface area (Å²) in [6.07, 6.45) is 2.48. The lowest BCUT2D eigenvalue weighted by atomic mass is 10.0. The first-order valence-corrected chi connectivity index (χ1v) is 7.85. The van der Waals surface area contributed by atoms with Crippen molar-refractivity contribution >= 4 is 11.8 Å². The summed E-state index contributed by atoms with van der Waals surface area (Å²) in [4.78, 5) is 4.08. The normalized spacial score (nSPS) is 17.1. The van der Waals surface area contributed by atoms with Crippen LogP contribution >= 0.6 is 11.8 Å². The Balaban J connectivity index is 1.48. The van der Waals surface area contributed by atoms with E-state index in [1.165, 1.54) is 11.9 Å². The largest absolute Gasteiger partial charge is 0.493 e. The molecule has 0 saturated heterocycles. The molecule has 21 heavy (non-hydrogen) atoms. The third-order valence-electron chi connectivity index (χ3n) is 3.34. The highest BCUT2D eigenvalue weighted by Crippen LogP contribution is 2.34. The van der Waals surface area contributed by atoms with E-state index in [-0.39, 0.29) is 0 Å². The van der Waals surface area contributed by atoms with Crippen molar-refractivity contribution in [1.29, 1.82) is 0 Å². The SMILES string of the molecule is COc1cccc2c1OCC(NCCSc1ncn[nH]1)C2. The van der Waals surface area contributed by atoms with Crippen LogP contribution in [0.3, 0.4) is 0 Å². The van der Waals surface area contributed by atoms with Crippen LogP contribution in [-0.4, -0.2) is 47.2 Å². The minimum Gasteiger partial charge on any atom is -0.493 e. The van der Waals surface area contributed by atoms with Crippen LogP contribution in [0.15, 0.2) is 29.7 Å². The Kier molecular flexibility index (Phi) is 4.62. The number of nitrogens with zero attached hydrogens (tertiary/aromatic N) is 2. The lowest BCUT2D eigenvalue weighted by Crippen LogP contribution is -2.40. The molecule has 1 unspecified atom stereocenters. The van der Waals surface area contributed by atoms with Gasteiger partial charge in [-0.15, -0.1) is 0 Å². The fraction of sp³-hybridized carbons (Fsp3) is 0.429. The van der Waals surface area contributed by atoms with E-state index in [4.69, 9.17) is 9.47 Å². The topological polar surface area (TPSA) is 72.1 Å². The molecule has 3 rings (SSSR count). The number of thioether (sulfide) groups is 1. The first-order valence-electron chi connectivity index (χ1n) is 6.87. The number of rotatable bonds is 6. The zero-order valence-electron chi connectivity index (χ0n) is 11.8. The van der Waals surface area contributed by atoms with Gasteiger partial charge in [-0.3, -0.25) is 5.10 Å². The van der Waals surface area contributed by atoms with Crippen molar-refractivity contribution in [2.45, 2.75) is 17.6 Å². The van der Waals surface area contributed by atoms with Gasteiger partial charge in [0, 0.05) is 18.3 Å². The number of hydrogen-bond donors (Lipinski definition) is 2. The lowest BCUT2D eigenvalue weighted by molar-refractivity contribution is 0.229. The molecule has 0 amide bonds. The highest BCUT2D eigenvalue weighted by molar-refractivity contribution is 7.99. The van der Waals surface area contributed by atoms with Gasteiger partial charge < -0.3 is 14.8 Å². The van der Waals surface area contributed by atoms with E-state index in [2.05, 4.69) is 26.6 Å². The van der Waals surface area contributed by atoms with Gasteiger partial charge in [0.15, 0.2) is 16.7 Å². The molecule has 0 fully saturated rings. The van der Waals surface area contributed by atoms with E-state index in [0.717, 1.165) is 35.4 Å². The molecule has 0 bridgehead atoms. The van der Waals surface area contributed by atoms with Gasteiger partial charge in [0.25, 0.3) is 0 Å². The number of fused-ring (bicyclic) bond motifs is 1. The van der Waals surface area contributed by atoms with E-state index in [0.29, 0.717) is 12.6 Å². The van der Waals surface area contributed by atoms with E-state index >= 15 is 0 Å². The van der Waals surface area contributed by atoms with Crippen LogP contribution in [0, 0.1) is 0 Å². The molecule has 2 aromatic rings. The second kappa shape index (κ2) is 6.82. The smallest absolute Gasteiger partial charge is 0.183 e. The van der Waals surface area contributed by atoms with Crippen LogP contribution in [0.5, 0.6) is 11.5 Å². The minimum atomic E-state index is 0.333. The molecule has 2 N–H and O–H groups in total. The van der Waals surface area contributed by atoms with Crippen LogP contribution in [0.1, 0.15) is 5.56 Å². The molecule has 2 heterocycles. The zero-order valence-corrected chi connectivity index (χ0v) is 12.7. The van der Waals surface area contributed by atoms with Crippen molar-refractivity contribution in [1.82, 2.24) is 20.5 Å². The number of ether oxygens (including phenoxy) is 2. The number of benzene rings is 1. The van der Waals surface area contributed by atoms with Crippen LogP contribution in [0.2, 0.25) is 0 Å². The predicted octanol–water partition coefficient (Wildman–Crippen LogP) is 1.50. The Labute approximate surface area is 127 Å². The van der Waals surface area contributed by atoms with Crippen LogP contribution in [-0.2, 0) is 6.42 Å². The number of para-hydroxylation sites is 1. The average molecular weight is 306 g/mol. The second-order valence-corrected chi connectivity index (χ2v) is 5.84. The van der Waals surface area contributed by atoms with Crippen molar-refractivity contribution in [3.05, 3.63) is 30.1 Å². The third kappa shape index (κ3) is 3.48. The molecule has 0 saturated carbocycles. The van der Waals surface area contributed by atoms with Crippen molar-refractivity contribution in [3.8, 4) is 11.5 Å². The summed E-state index contributed by atoms with van der Waals surface area (Å²) < 4.78 is 11.2. The van der Waals surface area contributed by atoms with E-state index in [1.54, 1.807) is 18.9 Å². The quantitative estimate of drug-likeness (QED) is 0.622. The number of H-pyrrole nitrogens is 1. The standard InChI is InChI=1S/C14H18N4O2S/c1-19-12-4-2-3-10-7-11(8-20-13(10)12)15-5-6-21-14-16-9-17-18-14/h2-4,9,11,15H,5-8H2,1H3,(H,16,17,18). The summed E-state index contributed by atoms with van der Waals surface area (Å²) >= 11 is 1.65. The van der Waals surface area contributed by atoms with Crippen LogP contribution in [0.25, 0.3) is 0 Å². The lowest BCUT2D eigenvalue weighted by Gasteiger charge is -2.27. The molecule has 6 nitrogen and oxygen atoms in total. The van der Waals surface area contributed by atoms with Crippen LogP contribution < -0.4 is 14.8 Å². The monoisotopic (exact) mass is 306 g/mol. The molecular weight excluding hydrogens is 288 g/mol.